The molecule has 0 aromatic carbocycles. The fraction of sp³-hybridized carbons (Fsp3) is 1.00. The normalized spacial score (nSPS) is 12.0. The summed E-state index contributed by atoms with van der Waals surface area (Å²) < 4.78 is 0. The van der Waals surface area contributed by atoms with Crippen LogP contribution in [0.15, 0.2) is 0 Å². The molecule has 0 saturated heterocycles. The lowest BCUT2D eigenvalue weighted by Crippen LogP contribution is -2.71. The van der Waals surface area contributed by atoms with Crippen LogP contribution in [0.4, 0.5) is 0 Å². The average molecular weight is 209 g/mol. The molecule has 0 bridgehead atoms. The molecule has 0 rings (SSSR count). The van der Waals surface area contributed by atoms with Crippen LogP contribution in [0.3, 0.4) is 0 Å². The summed E-state index contributed by atoms with van der Waals surface area (Å²) in [5.74, 6) is 0. The molecule has 6 nitrogen and oxygen atoms in total. The smallest absolute Gasteiger partial charge is 0.310 e. The maximum Gasteiger partial charge on any atom is 0.352 e. The van der Waals surface area contributed by atoms with E-state index < -0.39 is 8.56 Å². The van der Waals surface area contributed by atoms with Gasteiger partial charge in [-0.25, -0.2) is 0 Å². The Bertz CT molecular complexity index is 98.2. The molecule has 0 aliphatic rings. The predicted octanol–water partition coefficient (Wildman–Crippen LogP) is -0.212. The summed E-state index contributed by atoms with van der Waals surface area (Å²) in [5.41, 5.74) is 0. The standard InChI is InChI=1S/C6H19N3O3Si/c1-5-6-13(7-10-2,8-11-3)9-12-4/h7-9H,5-6H2,1-4H3. The van der Waals surface area contributed by atoms with Gasteiger partial charge < -0.3 is 14.5 Å². The van der Waals surface area contributed by atoms with Crippen LogP contribution in [-0.4, -0.2) is 29.9 Å². The lowest BCUT2D eigenvalue weighted by atomic mass is 10.6. The van der Waals surface area contributed by atoms with Crippen LogP contribution in [-0.2, 0) is 14.5 Å². The minimum atomic E-state index is -2.21. The van der Waals surface area contributed by atoms with Crippen molar-refractivity contribution in [2.75, 3.05) is 21.3 Å². The Balaban J connectivity index is 4.19. The zero-order valence-corrected chi connectivity index (χ0v) is 9.64. The summed E-state index contributed by atoms with van der Waals surface area (Å²) in [4.78, 5) is 14.7. The molecule has 0 saturated carbocycles. The molecule has 7 heteroatoms. The molecule has 3 N–H and O–H groups in total. The Morgan fingerprint density at radius 1 is 0.923 bits per heavy atom. The van der Waals surface area contributed by atoms with Crippen LogP contribution in [0.1, 0.15) is 13.3 Å². The summed E-state index contributed by atoms with van der Waals surface area (Å²) in [6, 6.07) is 0.878. The summed E-state index contributed by atoms with van der Waals surface area (Å²) in [6.07, 6.45) is 0.995. The number of hydrogen-bond donors (Lipinski definition) is 3. The SMILES string of the molecule is CCC[Si](NOC)(NOC)NOC. The highest BCUT2D eigenvalue weighted by Gasteiger charge is 2.34. The van der Waals surface area contributed by atoms with Gasteiger partial charge in [0.25, 0.3) is 0 Å². The van der Waals surface area contributed by atoms with Gasteiger partial charge >= 0.3 is 8.56 Å². The van der Waals surface area contributed by atoms with E-state index in [0.29, 0.717) is 0 Å². The topological polar surface area (TPSA) is 63.8 Å². The van der Waals surface area contributed by atoms with Crippen LogP contribution in [0, 0.1) is 0 Å². The Morgan fingerprint density at radius 2 is 1.31 bits per heavy atom. The molecule has 0 spiro atoms. The van der Waals surface area contributed by atoms with Crippen LogP contribution in [0.25, 0.3) is 0 Å². The maximum atomic E-state index is 4.89. The Morgan fingerprint density at radius 3 is 1.54 bits per heavy atom. The van der Waals surface area contributed by atoms with Gasteiger partial charge in [-0.3, -0.25) is 0 Å². The van der Waals surface area contributed by atoms with Crippen molar-refractivity contribution in [2.24, 2.45) is 0 Å². The van der Waals surface area contributed by atoms with Crippen molar-refractivity contribution >= 4 is 8.56 Å². The second-order valence-electron chi connectivity index (χ2n) is 2.57. The molecule has 13 heavy (non-hydrogen) atoms. The van der Waals surface area contributed by atoms with E-state index in [2.05, 4.69) is 22.4 Å². The second-order valence-corrected chi connectivity index (χ2v) is 5.50. The summed E-state index contributed by atoms with van der Waals surface area (Å²) in [6.45, 7) is 2.08. The van der Waals surface area contributed by atoms with E-state index in [1.165, 1.54) is 0 Å². The van der Waals surface area contributed by atoms with Gasteiger partial charge in [0, 0.05) is 0 Å². The highest BCUT2D eigenvalue weighted by Crippen LogP contribution is 2.01. The second kappa shape index (κ2) is 7.39. The van der Waals surface area contributed by atoms with Gasteiger partial charge in [-0.1, -0.05) is 13.3 Å². The molecular formula is C6H19N3O3Si. The number of hydrogen-bond acceptors (Lipinski definition) is 6. The van der Waals surface area contributed by atoms with E-state index in [9.17, 15) is 0 Å². The first-order valence-corrected chi connectivity index (χ1v) is 6.35. The zero-order valence-electron chi connectivity index (χ0n) is 8.64. The minimum absolute atomic E-state index is 0.878. The first kappa shape index (κ1) is 13.0. The van der Waals surface area contributed by atoms with Crippen molar-refractivity contribution in [2.45, 2.75) is 19.4 Å². The third-order valence-corrected chi connectivity index (χ3v) is 4.36. The van der Waals surface area contributed by atoms with Gasteiger partial charge in [0.2, 0.25) is 0 Å². The molecule has 0 radical (unpaired) electrons. The summed E-state index contributed by atoms with van der Waals surface area (Å²) >= 11 is 0. The van der Waals surface area contributed by atoms with E-state index in [0.717, 1.165) is 12.5 Å². The van der Waals surface area contributed by atoms with Crippen molar-refractivity contribution in [1.82, 2.24) is 15.4 Å². The molecule has 80 valence electrons. The number of nitrogens with one attached hydrogen (secondary N) is 3. The summed E-state index contributed by atoms with van der Waals surface area (Å²) in [5, 5.41) is 8.60. The first-order chi connectivity index (χ1) is 6.24. The molecule has 0 unspecified atom stereocenters. The van der Waals surface area contributed by atoms with Crippen LogP contribution < -0.4 is 15.4 Å². The van der Waals surface area contributed by atoms with E-state index in [1.54, 1.807) is 21.3 Å². The van der Waals surface area contributed by atoms with E-state index in [1.807, 2.05) is 0 Å². The molecule has 0 heterocycles. The quantitative estimate of drug-likeness (QED) is 0.380. The largest absolute Gasteiger partial charge is 0.352 e. The van der Waals surface area contributed by atoms with Crippen LogP contribution >= 0.6 is 0 Å². The third kappa shape index (κ3) is 4.67. The maximum absolute atomic E-state index is 4.89. The zero-order chi connectivity index (χ0) is 10.2. The van der Waals surface area contributed by atoms with Gasteiger partial charge in [0.05, 0.1) is 21.3 Å². The molecule has 0 aromatic rings. The molecule has 0 fully saturated rings. The van der Waals surface area contributed by atoms with Gasteiger partial charge in [-0.05, 0) is 6.04 Å². The van der Waals surface area contributed by atoms with Gasteiger partial charge in [-0.2, -0.15) is 15.4 Å². The predicted molar refractivity (Wildman–Crippen MR) is 51.3 cm³/mol. The summed E-state index contributed by atoms with van der Waals surface area (Å²) in [7, 11) is 2.47. The monoisotopic (exact) mass is 209 g/mol. The molecule has 0 amide bonds. The van der Waals surface area contributed by atoms with Crippen LogP contribution in [0.5, 0.6) is 0 Å². The highest BCUT2D eigenvalue weighted by atomic mass is 28.4. The lowest BCUT2D eigenvalue weighted by molar-refractivity contribution is 0.0630. The van der Waals surface area contributed by atoms with Crippen molar-refractivity contribution in [3.63, 3.8) is 0 Å². The highest BCUT2D eigenvalue weighted by molar-refractivity contribution is 6.71. The van der Waals surface area contributed by atoms with E-state index >= 15 is 0 Å². The average Bonchev–Trinajstić information content (AvgIpc) is 2.06. The van der Waals surface area contributed by atoms with Crippen LogP contribution in [0.2, 0.25) is 6.04 Å². The van der Waals surface area contributed by atoms with Crippen molar-refractivity contribution in [3.05, 3.63) is 0 Å². The lowest BCUT2D eigenvalue weighted by Gasteiger charge is -2.29. The molecule has 0 aromatic heterocycles. The Labute approximate surface area is 80.0 Å². The number of rotatable bonds is 8. The molecular weight excluding hydrogens is 190 g/mol. The Hall–Kier alpha value is -0.0231. The van der Waals surface area contributed by atoms with Crippen molar-refractivity contribution < 1.29 is 14.5 Å². The Kier molecular flexibility index (Phi) is 7.37. The van der Waals surface area contributed by atoms with Gasteiger partial charge in [0.1, 0.15) is 0 Å². The van der Waals surface area contributed by atoms with E-state index in [-0.39, 0.29) is 0 Å². The fourth-order valence-electron chi connectivity index (χ4n) is 1.11. The van der Waals surface area contributed by atoms with E-state index in [4.69, 9.17) is 14.5 Å². The van der Waals surface area contributed by atoms with Crippen molar-refractivity contribution in [3.8, 4) is 0 Å². The first-order valence-electron chi connectivity index (χ1n) is 4.15. The van der Waals surface area contributed by atoms with Crippen molar-refractivity contribution in [1.29, 1.82) is 0 Å². The third-order valence-electron chi connectivity index (χ3n) is 1.45. The van der Waals surface area contributed by atoms with Gasteiger partial charge in [0.15, 0.2) is 0 Å². The molecule has 0 aliphatic heterocycles. The molecule has 0 atom stereocenters. The fourth-order valence-corrected chi connectivity index (χ4v) is 3.34. The molecule has 0 aliphatic carbocycles. The minimum Gasteiger partial charge on any atom is -0.310 e. The van der Waals surface area contributed by atoms with Gasteiger partial charge in [-0.15, -0.1) is 0 Å².